The normalized spacial score (nSPS) is 14.7. The number of hydrogen-bond acceptors (Lipinski definition) is 6. The smallest absolute Gasteiger partial charge is 0.265 e. The molecule has 122 valence electrons. The number of ether oxygens (including phenoxy) is 1. The molecule has 3 rings (SSSR count). The van der Waals surface area contributed by atoms with E-state index in [1.807, 2.05) is 19.1 Å². The highest BCUT2D eigenvalue weighted by Gasteiger charge is 2.17. The van der Waals surface area contributed by atoms with Crippen LogP contribution in [0.3, 0.4) is 0 Å². The van der Waals surface area contributed by atoms with Crippen molar-refractivity contribution in [2.75, 3.05) is 31.2 Å². The maximum Gasteiger partial charge on any atom is 0.265 e. The Hall–Kier alpha value is -1.99. The minimum Gasteiger partial charge on any atom is -0.378 e. The first kappa shape index (κ1) is 15.9. The van der Waals surface area contributed by atoms with Gasteiger partial charge in [0.25, 0.3) is 5.91 Å². The molecule has 0 saturated carbocycles. The summed E-state index contributed by atoms with van der Waals surface area (Å²) in [6, 6.07) is 8.17. The Kier molecular flexibility index (Phi) is 5.19. The maximum atomic E-state index is 12.3. The van der Waals surface area contributed by atoms with Crippen LogP contribution in [0.2, 0.25) is 0 Å². The van der Waals surface area contributed by atoms with Crippen LogP contribution in [0.4, 0.5) is 5.69 Å². The van der Waals surface area contributed by atoms with Gasteiger partial charge in [-0.2, -0.15) is 0 Å². The number of hydrogen-bond donors (Lipinski definition) is 1. The van der Waals surface area contributed by atoms with Crippen molar-refractivity contribution < 1.29 is 9.53 Å². The molecular formula is C16H20N4O2S. The molecule has 2 heterocycles. The number of para-hydroxylation sites is 1. The van der Waals surface area contributed by atoms with Gasteiger partial charge in [0.1, 0.15) is 4.88 Å². The van der Waals surface area contributed by atoms with Crippen molar-refractivity contribution in [3.05, 3.63) is 40.4 Å². The topological polar surface area (TPSA) is 67.4 Å². The molecule has 2 aromatic rings. The van der Waals surface area contributed by atoms with E-state index in [0.717, 1.165) is 54.8 Å². The van der Waals surface area contributed by atoms with Crippen molar-refractivity contribution in [2.24, 2.45) is 0 Å². The highest BCUT2D eigenvalue weighted by atomic mass is 32.1. The van der Waals surface area contributed by atoms with Gasteiger partial charge in [-0.05, 0) is 29.6 Å². The van der Waals surface area contributed by atoms with Gasteiger partial charge >= 0.3 is 0 Å². The molecule has 1 amide bonds. The van der Waals surface area contributed by atoms with Gasteiger partial charge in [-0.3, -0.25) is 4.79 Å². The van der Waals surface area contributed by atoms with Crippen molar-refractivity contribution in [1.29, 1.82) is 0 Å². The monoisotopic (exact) mass is 332 g/mol. The van der Waals surface area contributed by atoms with Crippen LogP contribution in [-0.2, 0) is 17.7 Å². The van der Waals surface area contributed by atoms with Crippen molar-refractivity contribution in [2.45, 2.75) is 19.9 Å². The number of aromatic nitrogens is 2. The molecule has 0 unspecified atom stereocenters. The predicted octanol–water partition coefficient (Wildman–Crippen LogP) is 1.87. The Morgan fingerprint density at radius 3 is 2.91 bits per heavy atom. The number of amides is 1. The SMILES string of the molecule is CCc1nnsc1C(=O)NCc1ccccc1N1CCOCC1. The number of nitrogens with one attached hydrogen (secondary N) is 1. The number of carbonyl (C=O) groups excluding carboxylic acids is 1. The van der Waals surface area contributed by atoms with Gasteiger partial charge in [0.15, 0.2) is 0 Å². The van der Waals surface area contributed by atoms with E-state index in [1.54, 1.807) is 0 Å². The number of benzene rings is 1. The molecule has 1 saturated heterocycles. The van der Waals surface area contributed by atoms with E-state index in [0.29, 0.717) is 17.8 Å². The van der Waals surface area contributed by atoms with Gasteiger partial charge in [0.2, 0.25) is 0 Å². The highest BCUT2D eigenvalue weighted by molar-refractivity contribution is 7.08. The van der Waals surface area contributed by atoms with E-state index < -0.39 is 0 Å². The average molecular weight is 332 g/mol. The van der Waals surface area contributed by atoms with Gasteiger partial charge < -0.3 is 15.0 Å². The molecule has 7 heteroatoms. The van der Waals surface area contributed by atoms with Crippen LogP contribution in [-0.4, -0.2) is 41.8 Å². The molecule has 1 aromatic heterocycles. The maximum absolute atomic E-state index is 12.3. The number of anilines is 1. The van der Waals surface area contributed by atoms with Crippen molar-refractivity contribution in [1.82, 2.24) is 14.9 Å². The van der Waals surface area contributed by atoms with Crippen LogP contribution in [0.15, 0.2) is 24.3 Å². The van der Waals surface area contributed by atoms with E-state index in [4.69, 9.17) is 4.74 Å². The lowest BCUT2D eigenvalue weighted by atomic mass is 10.1. The summed E-state index contributed by atoms with van der Waals surface area (Å²) in [7, 11) is 0. The number of carbonyl (C=O) groups is 1. The first-order valence-corrected chi connectivity index (χ1v) is 8.57. The molecule has 6 nitrogen and oxygen atoms in total. The summed E-state index contributed by atoms with van der Waals surface area (Å²) in [5.41, 5.74) is 3.03. The summed E-state index contributed by atoms with van der Waals surface area (Å²) in [5.74, 6) is -0.103. The van der Waals surface area contributed by atoms with Crippen LogP contribution in [0, 0.1) is 0 Å². The summed E-state index contributed by atoms with van der Waals surface area (Å²) in [6.45, 7) is 5.71. The molecule has 0 bridgehead atoms. The minimum atomic E-state index is -0.103. The molecule has 0 aliphatic carbocycles. The fourth-order valence-corrected chi connectivity index (χ4v) is 3.31. The van der Waals surface area contributed by atoms with Gasteiger partial charge in [-0.15, -0.1) is 5.10 Å². The second kappa shape index (κ2) is 7.52. The summed E-state index contributed by atoms with van der Waals surface area (Å²) in [4.78, 5) is 15.2. The van der Waals surface area contributed by atoms with Gasteiger partial charge in [0.05, 0.1) is 18.9 Å². The molecule has 1 aliphatic heterocycles. The minimum absolute atomic E-state index is 0.103. The number of aryl methyl sites for hydroxylation is 1. The zero-order valence-corrected chi connectivity index (χ0v) is 13.9. The zero-order valence-electron chi connectivity index (χ0n) is 13.1. The van der Waals surface area contributed by atoms with Crippen LogP contribution in [0.5, 0.6) is 0 Å². The molecule has 0 atom stereocenters. The largest absolute Gasteiger partial charge is 0.378 e. The third-order valence-corrected chi connectivity index (χ3v) is 4.65. The van der Waals surface area contributed by atoms with Crippen molar-refractivity contribution in [3.63, 3.8) is 0 Å². The number of morpholine rings is 1. The molecule has 1 fully saturated rings. The lowest BCUT2D eigenvalue weighted by Gasteiger charge is -2.30. The van der Waals surface area contributed by atoms with Crippen LogP contribution in [0.1, 0.15) is 27.9 Å². The lowest BCUT2D eigenvalue weighted by molar-refractivity contribution is 0.0953. The Bertz CT molecular complexity index is 668. The third kappa shape index (κ3) is 3.68. The van der Waals surface area contributed by atoms with E-state index in [1.165, 1.54) is 0 Å². The molecule has 1 aromatic carbocycles. The van der Waals surface area contributed by atoms with Crippen LogP contribution < -0.4 is 10.2 Å². The number of rotatable bonds is 5. The standard InChI is InChI=1S/C16H20N4O2S/c1-2-13-15(23-19-18-13)16(21)17-11-12-5-3-4-6-14(12)20-7-9-22-10-8-20/h3-6H,2,7-11H2,1H3,(H,17,21). The second-order valence-corrected chi connectivity index (χ2v) is 6.07. The van der Waals surface area contributed by atoms with E-state index in [-0.39, 0.29) is 5.91 Å². The molecule has 0 spiro atoms. The zero-order chi connectivity index (χ0) is 16.1. The van der Waals surface area contributed by atoms with E-state index in [2.05, 4.69) is 31.9 Å². The van der Waals surface area contributed by atoms with Crippen LogP contribution in [0.25, 0.3) is 0 Å². The molecular weight excluding hydrogens is 312 g/mol. The molecule has 1 N–H and O–H groups in total. The summed E-state index contributed by atoms with van der Waals surface area (Å²) < 4.78 is 9.28. The summed E-state index contributed by atoms with van der Waals surface area (Å²) in [6.07, 6.45) is 0.712. The Morgan fingerprint density at radius 2 is 2.13 bits per heavy atom. The van der Waals surface area contributed by atoms with Gasteiger partial charge in [0, 0.05) is 25.3 Å². The van der Waals surface area contributed by atoms with Crippen molar-refractivity contribution in [3.8, 4) is 0 Å². The fourth-order valence-electron chi connectivity index (χ4n) is 2.64. The van der Waals surface area contributed by atoms with Gasteiger partial charge in [-0.25, -0.2) is 0 Å². The second-order valence-electron chi connectivity index (χ2n) is 5.31. The third-order valence-electron chi connectivity index (χ3n) is 3.88. The highest BCUT2D eigenvalue weighted by Crippen LogP contribution is 2.21. The van der Waals surface area contributed by atoms with Crippen molar-refractivity contribution >= 4 is 23.1 Å². The average Bonchev–Trinajstić information content (AvgIpc) is 3.09. The quantitative estimate of drug-likeness (QED) is 0.905. The molecule has 1 aliphatic rings. The van der Waals surface area contributed by atoms with Gasteiger partial charge in [-0.1, -0.05) is 29.6 Å². The number of nitrogens with zero attached hydrogens (tertiary/aromatic N) is 3. The van der Waals surface area contributed by atoms with E-state index in [9.17, 15) is 4.79 Å². The lowest BCUT2D eigenvalue weighted by Crippen LogP contribution is -2.37. The Balaban J connectivity index is 1.69. The summed E-state index contributed by atoms with van der Waals surface area (Å²) >= 11 is 1.15. The fraction of sp³-hybridized carbons (Fsp3) is 0.438. The Labute approximate surface area is 139 Å². The molecule has 23 heavy (non-hydrogen) atoms. The predicted molar refractivity (Wildman–Crippen MR) is 89.9 cm³/mol. The van der Waals surface area contributed by atoms with Crippen LogP contribution >= 0.6 is 11.5 Å². The Morgan fingerprint density at radius 1 is 1.35 bits per heavy atom. The summed E-state index contributed by atoms with van der Waals surface area (Å²) in [5, 5.41) is 6.98. The first-order valence-electron chi connectivity index (χ1n) is 7.79. The first-order chi connectivity index (χ1) is 11.3. The van der Waals surface area contributed by atoms with E-state index >= 15 is 0 Å². The molecule has 0 radical (unpaired) electrons.